The molecule has 8 heterocycles. The molecule has 4 bridgehead atoms. The van der Waals surface area contributed by atoms with E-state index in [0.29, 0.717) is 38.5 Å². The highest BCUT2D eigenvalue weighted by Crippen LogP contribution is 2.63. The Morgan fingerprint density at radius 3 is 1.47 bits per heavy atom. The molecule has 18 heteroatoms. The average molecular weight is 831 g/mol. The summed E-state index contributed by atoms with van der Waals surface area (Å²) in [7, 11) is 0. The standard InChI is InChI=1S/C40H44F6O12/c1-19-8-10-27-23(29(39(41,42)43)51-33-37(27)25(19)12-14-35(3,53-33)55-57-37)17-49-31(47)21-6-5-7-22(16-21)32(48)50-18-24-28-11-9-20(2)26-13-15-36(4)54-34(38(26,28)58-56-36)52-30(24)40(44,45)46/h5-7,16,19-20,25-28,33-34H,8-15,17-18H2,1-4H3/t19-,20-,25+,26+,27+,28+,33-,34-,35?,36?,37-,38-/m1/s1. The number of halogens is 6. The van der Waals surface area contributed by atoms with Crippen molar-refractivity contribution in [2.45, 2.75) is 127 Å². The Bertz CT molecular complexity index is 1800. The van der Waals surface area contributed by atoms with Crippen molar-refractivity contribution in [2.75, 3.05) is 13.2 Å². The molecule has 2 unspecified atom stereocenters. The summed E-state index contributed by atoms with van der Waals surface area (Å²) < 4.78 is 122. The molecule has 2 saturated carbocycles. The minimum atomic E-state index is -4.97. The van der Waals surface area contributed by atoms with Gasteiger partial charge in [-0.3, -0.25) is 0 Å². The molecular weight excluding hydrogens is 786 g/mol. The van der Waals surface area contributed by atoms with E-state index < -0.39 is 96.2 Å². The molecule has 0 aromatic heterocycles. The van der Waals surface area contributed by atoms with Crippen molar-refractivity contribution in [3.63, 3.8) is 0 Å². The van der Waals surface area contributed by atoms with Gasteiger partial charge >= 0.3 is 24.3 Å². The lowest BCUT2D eigenvalue weighted by Crippen LogP contribution is -2.67. The van der Waals surface area contributed by atoms with E-state index in [9.17, 15) is 35.9 Å². The van der Waals surface area contributed by atoms with Gasteiger partial charge in [0.2, 0.25) is 35.7 Å². The van der Waals surface area contributed by atoms with Crippen LogP contribution in [0, 0.1) is 35.5 Å². The number of fused-ring (bicyclic) bond motifs is 4. The number of benzene rings is 1. The van der Waals surface area contributed by atoms with E-state index in [1.165, 1.54) is 18.2 Å². The smallest absolute Gasteiger partial charge is 0.449 e. The quantitative estimate of drug-likeness (QED) is 0.156. The van der Waals surface area contributed by atoms with Crippen molar-refractivity contribution >= 4 is 11.9 Å². The van der Waals surface area contributed by atoms with E-state index in [0.717, 1.165) is 6.07 Å². The Labute approximate surface area is 329 Å². The van der Waals surface area contributed by atoms with Crippen LogP contribution in [0.3, 0.4) is 0 Å². The van der Waals surface area contributed by atoms with Gasteiger partial charge in [-0.05, 0) is 82.4 Å². The van der Waals surface area contributed by atoms with Crippen LogP contribution in [0.2, 0.25) is 0 Å². The fourth-order valence-electron chi connectivity index (χ4n) is 11.0. The van der Waals surface area contributed by atoms with Gasteiger partial charge in [0, 0.05) is 47.7 Å². The van der Waals surface area contributed by atoms with Gasteiger partial charge < -0.3 is 28.4 Å². The molecule has 6 saturated heterocycles. The first kappa shape index (κ1) is 40.0. The Morgan fingerprint density at radius 2 is 1.07 bits per heavy atom. The minimum Gasteiger partial charge on any atom is -0.457 e. The molecule has 2 spiro atoms. The lowest BCUT2D eigenvalue weighted by atomic mass is 9.59. The summed E-state index contributed by atoms with van der Waals surface area (Å²) in [5.41, 5.74) is -3.94. The van der Waals surface area contributed by atoms with Crippen molar-refractivity contribution in [1.82, 2.24) is 0 Å². The van der Waals surface area contributed by atoms with Crippen LogP contribution in [-0.4, -0.2) is 72.9 Å². The molecule has 318 valence electrons. The third kappa shape index (κ3) is 6.17. The maximum Gasteiger partial charge on any atom is 0.449 e. The molecular formula is C40H44F6O12. The van der Waals surface area contributed by atoms with Crippen LogP contribution < -0.4 is 0 Å². The highest BCUT2D eigenvalue weighted by Gasteiger charge is 2.72. The van der Waals surface area contributed by atoms with Gasteiger partial charge in [0.15, 0.2) is 11.2 Å². The zero-order valence-electron chi connectivity index (χ0n) is 32.2. The van der Waals surface area contributed by atoms with Gasteiger partial charge in [0.1, 0.15) is 13.2 Å². The molecule has 10 aliphatic rings. The predicted octanol–water partition coefficient (Wildman–Crippen LogP) is 8.12. The van der Waals surface area contributed by atoms with E-state index in [2.05, 4.69) is 0 Å². The number of hydrogen-bond acceptors (Lipinski definition) is 12. The summed E-state index contributed by atoms with van der Waals surface area (Å²) >= 11 is 0. The molecule has 8 fully saturated rings. The second-order valence-electron chi connectivity index (χ2n) is 17.4. The van der Waals surface area contributed by atoms with Crippen LogP contribution in [0.1, 0.15) is 99.8 Å². The van der Waals surface area contributed by atoms with E-state index in [1.807, 2.05) is 13.8 Å². The molecule has 1 aromatic carbocycles. The highest BCUT2D eigenvalue weighted by molar-refractivity contribution is 5.95. The van der Waals surface area contributed by atoms with E-state index in [-0.39, 0.29) is 58.8 Å². The summed E-state index contributed by atoms with van der Waals surface area (Å²) in [6.45, 7) is 5.51. The molecule has 11 rings (SSSR count). The van der Waals surface area contributed by atoms with Gasteiger partial charge in [-0.25, -0.2) is 29.1 Å². The molecule has 2 aliphatic carbocycles. The first-order chi connectivity index (χ1) is 27.3. The van der Waals surface area contributed by atoms with Crippen molar-refractivity contribution in [3.8, 4) is 0 Å². The van der Waals surface area contributed by atoms with Crippen molar-refractivity contribution in [2.24, 2.45) is 35.5 Å². The third-order valence-corrected chi connectivity index (χ3v) is 13.9. The number of ether oxygens (including phenoxy) is 6. The Hall–Kier alpha value is -3.42. The SMILES string of the molecule is C[C@@H]1CC[C@H]2C(COC(=O)c3cccc(C(=O)OCC4=C(C(F)(F)F)O[C@@H]5OC6(C)CC[C@H]7[C@H](C)CC[C@@H]4[C@@]57OO6)c3)=C(C(F)(F)F)O[C@@H]3OC4(C)CC[C@@H]1[C@]32OO4. The first-order valence-electron chi connectivity index (χ1n) is 19.8. The largest absolute Gasteiger partial charge is 0.457 e. The van der Waals surface area contributed by atoms with Crippen LogP contribution in [0.4, 0.5) is 26.3 Å². The van der Waals surface area contributed by atoms with Crippen LogP contribution in [0.15, 0.2) is 46.9 Å². The molecule has 58 heavy (non-hydrogen) atoms. The second kappa shape index (κ2) is 13.5. The van der Waals surface area contributed by atoms with Gasteiger partial charge in [-0.1, -0.05) is 19.9 Å². The van der Waals surface area contributed by atoms with Gasteiger partial charge in [0.05, 0.1) is 11.1 Å². The summed E-state index contributed by atoms with van der Waals surface area (Å²) in [5, 5.41) is 0. The zero-order chi connectivity index (χ0) is 41.2. The van der Waals surface area contributed by atoms with Crippen LogP contribution in [0.25, 0.3) is 0 Å². The number of alkyl halides is 6. The number of allylic oxidation sites excluding steroid dienone is 2. The zero-order valence-corrected chi connectivity index (χ0v) is 32.2. The predicted molar refractivity (Wildman–Crippen MR) is 181 cm³/mol. The fourth-order valence-corrected chi connectivity index (χ4v) is 11.0. The summed E-state index contributed by atoms with van der Waals surface area (Å²) in [6, 6.07) is 4.97. The molecule has 0 radical (unpaired) electrons. The van der Waals surface area contributed by atoms with E-state index in [4.69, 9.17) is 48.0 Å². The van der Waals surface area contributed by atoms with Crippen molar-refractivity contribution < 1.29 is 83.9 Å². The molecule has 8 aliphatic heterocycles. The lowest BCUT2D eigenvalue weighted by molar-refractivity contribution is -0.558. The maximum atomic E-state index is 14.6. The minimum absolute atomic E-state index is 0.0439. The van der Waals surface area contributed by atoms with Gasteiger partial charge in [0.25, 0.3) is 0 Å². The fraction of sp³-hybridized carbons (Fsp3) is 0.700. The van der Waals surface area contributed by atoms with Crippen LogP contribution in [0.5, 0.6) is 0 Å². The van der Waals surface area contributed by atoms with Gasteiger partial charge in [-0.2, -0.15) is 26.3 Å². The van der Waals surface area contributed by atoms with Crippen molar-refractivity contribution in [1.29, 1.82) is 0 Å². The average Bonchev–Trinajstić information content (AvgIpc) is 3.55. The molecule has 0 amide bonds. The molecule has 12 nitrogen and oxygen atoms in total. The molecule has 0 N–H and O–H groups in total. The van der Waals surface area contributed by atoms with Gasteiger partial charge in [-0.15, -0.1) is 0 Å². The van der Waals surface area contributed by atoms with Crippen LogP contribution in [-0.2, 0) is 48.0 Å². The van der Waals surface area contributed by atoms with E-state index >= 15 is 0 Å². The number of hydrogen-bond donors (Lipinski definition) is 0. The summed E-state index contributed by atoms with van der Waals surface area (Å²) in [4.78, 5) is 50.2. The molecule has 1 aromatic rings. The Morgan fingerprint density at radius 1 is 0.655 bits per heavy atom. The Balaban J connectivity index is 0.944. The Kier molecular flexibility index (Phi) is 9.34. The second-order valence-corrected chi connectivity index (χ2v) is 17.4. The highest BCUT2D eigenvalue weighted by atomic mass is 19.4. The monoisotopic (exact) mass is 830 g/mol. The van der Waals surface area contributed by atoms with Crippen molar-refractivity contribution in [3.05, 3.63) is 58.1 Å². The van der Waals surface area contributed by atoms with Crippen LogP contribution >= 0.6 is 0 Å². The van der Waals surface area contributed by atoms with E-state index in [1.54, 1.807) is 13.8 Å². The number of carbonyl (C=O) groups is 2. The normalized spacial score (nSPS) is 41.7. The topological polar surface area (TPSA) is 126 Å². The summed E-state index contributed by atoms with van der Waals surface area (Å²) in [5.74, 6) is -9.75. The number of esters is 2. The third-order valence-electron chi connectivity index (χ3n) is 13.9. The number of rotatable bonds is 6. The molecule has 12 atom stereocenters. The first-order valence-corrected chi connectivity index (χ1v) is 19.8. The lowest BCUT2D eigenvalue weighted by Gasteiger charge is -2.57. The maximum absolute atomic E-state index is 14.6. The summed E-state index contributed by atoms with van der Waals surface area (Å²) in [6.07, 6.45) is -9.30. The number of carbonyl (C=O) groups excluding carboxylic acids is 2.